The maximum absolute atomic E-state index is 12.5. The van der Waals surface area contributed by atoms with E-state index in [2.05, 4.69) is 10.0 Å². The predicted octanol–water partition coefficient (Wildman–Crippen LogP) is 3.68. The van der Waals surface area contributed by atoms with Gasteiger partial charge in [0.05, 0.1) is 6.04 Å². The van der Waals surface area contributed by atoms with Gasteiger partial charge in [0.15, 0.2) is 6.61 Å². The van der Waals surface area contributed by atoms with Crippen LogP contribution in [0.2, 0.25) is 5.02 Å². The highest BCUT2D eigenvalue weighted by molar-refractivity contribution is 7.92. The van der Waals surface area contributed by atoms with Gasteiger partial charge in [0.2, 0.25) is 10.0 Å². The number of hydrogen-bond donors (Lipinski definition) is 2. The van der Waals surface area contributed by atoms with Gasteiger partial charge in [-0.25, -0.2) is 13.1 Å². The molecule has 7 nitrogen and oxygen atoms in total. The molecule has 0 aliphatic carbocycles. The molecule has 3 aromatic rings. The van der Waals surface area contributed by atoms with Crippen molar-refractivity contribution in [2.75, 3.05) is 13.2 Å². The predicted molar refractivity (Wildman–Crippen MR) is 131 cm³/mol. The van der Waals surface area contributed by atoms with E-state index in [0.717, 1.165) is 16.5 Å². The Balaban J connectivity index is 1.53. The zero-order valence-corrected chi connectivity index (χ0v) is 19.6. The Labute approximate surface area is 203 Å². The molecule has 1 unspecified atom stereocenters. The Hall–Kier alpha value is -3.46. The fourth-order valence-electron chi connectivity index (χ4n) is 3.00. The number of halogens is 1. The number of esters is 1. The second kappa shape index (κ2) is 12.1. The van der Waals surface area contributed by atoms with Crippen molar-refractivity contribution in [1.29, 1.82) is 0 Å². The Morgan fingerprint density at radius 3 is 2.12 bits per heavy atom. The quantitative estimate of drug-likeness (QED) is 0.415. The Kier molecular flexibility index (Phi) is 8.98. The zero-order chi connectivity index (χ0) is 24.4. The number of benzene rings is 3. The van der Waals surface area contributed by atoms with Gasteiger partial charge in [-0.05, 0) is 34.9 Å². The van der Waals surface area contributed by atoms with Crippen LogP contribution in [-0.4, -0.2) is 33.4 Å². The van der Waals surface area contributed by atoms with Crippen LogP contribution in [0, 0.1) is 0 Å². The molecule has 0 saturated heterocycles. The largest absolute Gasteiger partial charge is 0.455 e. The summed E-state index contributed by atoms with van der Waals surface area (Å²) in [5.74, 6) is -1.42. The first kappa shape index (κ1) is 25.2. The van der Waals surface area contributed by atoms with Gasteiger partial charge in [-0.15, -0.1) is 0 Å². The molecule has 0 spiro atoms. The van der Waals surface area contributed by atoms with E-state index in [0.29, 0.717) is 10.6 Å². The summed E-state index contributed by atoms with van der Waals surface area (Å²) in [7, 11) is -3.85. The van der Waals surface area contributed by atoms with Crippen LogP contribution in [-0.2, 0) is 24.3 Å². The van der Waals surface area contributed by atoms with Crippen LogP contribution in [0.3, 0.4) is 0 Å². The van der Waals surface area contributed by atoms with Gasteiger partial charge in [0.25, 0.3) is 5.91 Å². The summed E-state index contributed by atoms with van der Waals surface area (Å²) in [6.45, 7) is -1.16. The number of ether oxygens (including phenoxy) is 1. The van der Waals surface area contributed by atoms with Crippen molar-refractivity contribution in [2.45, 2.75) is 6.04 Å². The Bertz CT molecular complexity index is 1230. The lowest BCUT2D eigenvalue weighted by Gasteiger charge is -2.20. The molecule has 0 fully saturated rings. The second-order valence-corrected chi connectivity index (χ2v) is 9.29. The second-order valence-electron chi connectivity index (χ2n) is 7.20. The monoisotopic (exact) mass is 498 g/mol. The van der Waals surface area contributed by atoms with Gasteiger partial charge < -0.3 is 10.1 Å². The van der Waals surface area contributed by atoms with Crippen LogP contribution in [0.5, 0.6) is 0 Å². The molecule has 0 radical (unpaired) electrons. The van der Waals surface area contributed by atoms with E-state index in [9.17, 15) is 18.0 Å². The van der Waals surface area contributed by atoms with Crippen LogP contribution in [0.4, 0.5) is 0 Å². The number of carbonyl (C=O) groups excluding carboxylic acids is 2. The number of hydrogen-bond acceptors (Lipinski definition) is 5. The summed E-state index contributed by atoms with van der Waals surface area (Å²) in [6, 6.07) is 24.7. The van der Waals surface area contributed by atoms with E-state index in [1.165, 1.54) is 6.08 Å². The van der Waals surface area contributed by atoms with E-state index in [1.807, 2.05) is 36.4 Å². The minimum Gasteiger partial charge on any atom is -0.455 e. The third-order valence-electron chi connectivity index (χ3n) is 4.66. The molecule has 0 aliphatic heterocycles. The van der Waals surface area contributed by atoms with Gasteiger partial charge in [0.1, 0.15) is 6.54 Å². The molecule has 0 heterocycles. The summed E-state index contributed by atoms with van der Waals surface area (Å²) < 4.78 is 31.1. The van der Waals surface area contributed by atoms with Crippen molar-refractivity contribution in [2.24, 2.45) is 0 Å². The summed E-state index contributed by atoms with van der Waals surface area (Å²) in [6.07, 6.45) is 1.40. The molecule has 1 amide bonds. The first-order chi connectivity index (χ1) is 16.3. The molecule has 34 heavy (non-hydrogen) atoms. The number of carbonyl (C=O) groups is 2. The molecule has 0 aromatic heterocycles. The molecule has 0 aliphatic rings. The molecular weight excluding hydrogens is 476 g/mol. The van der Waals surface area contributed by atoms with Gasteiger partial charge in [-0.1, -0.05) is 84.4 Å². The molecule has 9 heteroatoms. The van der Waals surface area contributed by atoms with Crippen LogP contribution in [0.1, 0.15) is 22.7 Å². The lowest BCUT2D eigenvalue weighted by atomic mass is 9.99. The SMILES string of the molecule is O=C(COC(=O)CNS(=O)(=O)/C=C/c1ccccc1)NC(c1ccccc1)c1ccc(Cl)cc1. The summed E-state index contributed by atoms with van der Waals surface area (Å²) in [4.78, 5) is 24.4. The maximum atomic E-state index is 12.5. The fraction of sp³-hybridized carbons (Fsp3) is 0.120. The van der Waals surface area contributed by atoms with E-state index in [-0.39, 0.29) is 0 Å². The average molecular weight is 499 g/mol. The van der Waals surface area contributed by atoms with E-state index < -0.39 is 41.1 Å². The maximum Gasteiger partial charge on any atom is 0.321 e. The lowest BCUT2D eigenvalue weighted by Crippen LogP contribution is -2.35. The third kappa shape index (κ3) is 8.15. The van der Waals surface area contributed by atoms with Crippen molar-refractivity contribution >= 4 is 39.6 Å². The number of nitrogens with one attached hydrogen (secondary N) is 2. The average Bonchev–Trinajstić information content (AvgIpc) is 2.85. The summed E-state index contributed by atoms with van der Waals surface area (Å²) >= 11 is 5.97. The molecule has 0 saturated carbocycles. The molecule has 0 bridgehead atoms. The fourth-order valence-corrected chi connectivity index (χ4v) is 3.88. The van der Waals surface area contributed by atoms with Gasteiger partial charge >= 0.3 is 5.97 Å². The highest BCUT2D eigenvalue weighted by Crippen LogP contribution is 2.23. The minimum atomic E-state index is -3.85. The smallest absolute Gasteiger partial charge is 0.321 e. The molecule has 2 N–H and O–H groups in total. The molecule has 3 aromatic carbocycles. The molecule has 1 atom stereocenters. The molecule has 176 valence electrons. The third-order valence-corrected chi connectivity index (χ3v) is 5.96. The van der Waals surface area contributed by atoms with Crippen LogP contribution in [0.15, 0.2) is 90.3 Å². The topological polar surface area (TPSA) is 102 Å². The Morgan fingerprint density at radius 1 is 0.882 bits per heavy atom. The standard InChI is InChI=1S/C25H23ClN2O5S/c26-22-13-11-21(12-14-22)25(20-9-5-2-6-10-20)28-23(29)18-33-24(30)17-27-34(31,32)16-15-19-7-3-1-4-8-19/h1-16,25,27H,17-18H2,(H,28,29)/b16-15+. The van der Waals surface area contributed by atoms with Crippen LogP contribution < -0.4 is 10.0 Å². The summed E-state index contributed by atoms with van der Waals surface area (Å²) in [5, 5.41) is 4.35. The van der Waals surface area contributed by atoms with Crippen molar-refractivity contribution < 1.29 is 22.7 Å². The van der Waals surface area contributed by atoms with Crippen molar-refractivity contribution in [3.8, 4) is 0 Å². The van der Waals surface area contributed by atoms with E-state index >= 15 is 0 Å². The van der Waals surface area contributed by atoms with Crippen molar-refractivity contribution in [1.82, 2.24) is 10.0 Å². The zero-order valence-electron chi connectivity index (χ0n) is 18.1. The number of sulfonamides is 1. The normalized spacial score (nSPS) is 12.3. The van der Waals surface area contributed by atoms with Crippen LogP contribution >= 0.6 is 11.6 Å². The number of rotatable bonds is 10. The van der Waals surface area contributed by atoms with Crippen LogP contribution in [0.25, 0.3) is 6.08 Å². The molecule has 3 rings (SSSR count). The van der Waals surface area contributed by atoms with E-state index in [1.54, 1.807) is 48.5 Å². The van der Waals surface area contributed by atoms with Crippen molar-refractivity contribution in [3.63, 3.8) is 0 Å². The van der Waals surface area contributed by atoms with Gasteiger partial charge in [-0.3, -0.25) is 9.59 Å². The Morgan fingerprint density at radius 2 is 1.47 bits per heavy atom. The first-order valence-corrected chi connectivity index (χ1v) is 12.2. The van der Waals surface area contributed by atoms with Gasteiger partial charge in [0, 0.05) is 10.4 Å². The van der Waals surface area contributed by atoms with E-state index in [4.69, 9.17) is 16.3 Å². The van der Waals surface area contributed by atoms with Crippen molar-refractivity contribution in [3.05, 3.63) is 112 Å². The minimum absolute atomic E-state index is 0.480. The lowest BCUT2D eigenvalue weighted by molar-refractivity contribution is -0.147. The van der Waals surface area contributed by atoms with Gasteiger partial charge in [-0.2, -0.15) is 0 Å². The highest BCUT2D eigenvalue weighted by Gasteiger charge is 2.18. The molecular formula is C25H23ClN2O5S. The number of amides is 1. The summed E-state index contributed by atoms with van der Waals surface area (Å²) in [5.41, 5.74) is 2.33. The first-order valence-electron chi connectivity index (χ1n) is 10.3. The highest BCUT2D eigenvalue weighted by atomic mass is 35.5.